The maximum absolute atomic E-state index is 13.9. The number of hydrogen-bond donors (Lipinski definition) is 0. The van der Waals surface area contributed by atoms with Crippen molar-refractivity contribution in [1.82, 2.24) is 9.55 Å². The first-order valence-corrected chi connectivity index (χ1v) is 14.5. The quantitative estimate of drug-likeness (QED) is 0.142. The van der Waals surface area contributed by atoms with Crippen molar-refractivity contribution >= 4 is 39.3 Å². The number of benzene rings is 1. The Kier molecular flexibility index (Phi) is 8.38. The van der Waals surface area contributed by atoms with Crippen LogP contribution in [0.4, 0.5) is 0 Å². The van der Waals surface area contributed by atoms with Gasteiger partial charge in [-0.25, -0.2) is 4.98 Å². The van der Waals surface area contributed by atoms with Gasteiger partial charge in [0.2, 0.25) is 0 Å². The lowest BCUT2D eigenvalue weighted by Crippen LogP contribution is -2.27. The van der Waals surface area contributed by atoms with Gasteiger partial charge in [0.15, 0.2) is 5.16 Å². The van der Waals surface area contributed by atoms with Gasteiger partial charge in [-0.1, -0.05) is 82.6 Å². The zero-order valence-corrected chi connectivity index (χ0v) is 22.9. The smallest absolute Gasteiger partial charge is 0.316 e. The molecule has 1 aliphatic rings. The van der Waals surface area contributed by atoms with Crippen LogP contribution in [0.2, 0.25) is 0 Å². The van der Waals surface area contributed by atoms with Crippen LogP contribution in [-0.4, -0.2) is 27.9 Å². The van der Waals surface area contributed by atoms with Crippen LogP contribution in [0.1, 0.15) is 69.4 Å². The van der Waals surface area contributed by atoms with E-state index in [2.05, 4.69) is 27.7 Å². The number of hydrogen-bond acceptors (Lipinski definition) is 6. The summed E-state index contributed by atoms with van der Waals surface area (Å²) >= 11 is 2.96. The Morgan fingerprint density at radius 1 is 1.23 bits per heavy atom. The minimum Gasteiger partial charge on any atom is -0.465 e. The molecule has 0 radical (unpaired) electrons. The fourth-order valence-corrected chi connectivity index (χ4v) is 6.84. The molecule has 0 fully saturated rings. The average Bonchev–Trinajstić information content (AvgIpc) is 3.20. The third kappa shape index (κ3) is 6.18. The molecule has 0 amide bonds. The summed E-state index contributed by atoms with van der Waals surface area (Å²) < 4.78 is 7.12. The van der Waals surface area contributed by atoms with E-state index in [4.69, 9.17) is 9.72 Å². The highest BCUT2D eigenvalue weighted by Crippen LogP contribution is 2.42. The Bertz CT molecular complexity index is 1220. The van der Waals surface area contributed by atoms with Gasteiger partial charge in [0.1, 0.15) is 4.83 Å². The Hall–Kier alpha value is -2.12. The summed E-state index contributed by atoms with van der Waals surface area (Å²) in [5.41, 5.74) is 2.48. The Morgan fingerprint density at radius 2 is 2.00 bits per heavy atom. The van der Waals surface area contributed by atoms with Crippen LogP contribution in [0, 0.1) is 11.3 Å². The fourth-order valence-electron chi connectivity index (χ4n) is 4.70. The highest BCUT2D eigenvalue weighted by atomic mass is 32.2. The van der Waals surface area contributed by atoms with Crippen molar-refractivity contribution in [2.75, 3.05) is 12.4 Å². The van der Waals surface area contributed by atoms with E-state index in [1.165, 1.54) is 22.2 Å². The summed E-state index contributed by atoms with van der Waals surface area (Å²) in [6.07, 6.45) is 6.05. The maximum Gasteiger partial charge on any atom is 0.316 e. The van der Waals surface area contributed by atoms with E-state index in [1.807, 2.05) is 30.3 Å². The lowest BCUT2D eigenvalue weighted by Gasteiger charge is -2.33. The second kappa shape index (κ2) is 11.3. The molecule has 4 rings (SSSR count). The molecule has 1 aromatic carbocycles. The third-order valence-electron chi connectivity index (χ3n) is 6.87. The van der Waals surface area contributed by atoms with Crippen LogP contribution >= 0.6 is 23.1 Å². The first-order valence-electron chi connectivity index (χ1n) is 12.6. The fraction of sp³-hybridized carbons (Fsp3) is 0.536. The van der Waals surface area contributed by atoms with Crippen molar-refractivity contribution in [1.29, 1.82) is 0 Å². The minimum atomic E-state index is -0.259. The van der Waals surface area contributed by atoms with E-state index in [1.54, 1.807) is 15.9 Å². The van der Waals surface area contributed by atoms with Crippen LogP contribution in [-0.2, 0) is 28.9 Å². The number of unbranched alkanes of at least 4 members (excludes halogenated alkanes) is 2. The van der Waals surface area contributed by atoms with Gasteiger partial charge in [0.05, 0.1) is 24.3 Å². The van der Waals surface area contributed by atoms with Gasteiger partial charge in [0.25, 0.3) is 5.56 Å². The molecule has 0 spiro atoms. The number of fused-ring (bicyclic) bond motifs is 3. The summed E-state index contributed by atoms with van der Waals surface area (Å²) in [4.78, 5) is 33.2. The zero-order chi connectivity index (χ0) is 25.0. The van der Waals surface area contributed by atoms with Gasteiger partial charge < -0.3 is 4.74 Å². The molecule has 0 aliphatic heterocycles. The summed E-state index contributed by atoms with van der Waals surface area (Å²) in [7, 11) is 0. The van der Waals surface area contributed by atoms with Crippen LogP contribution < -0.4 is 5.56 Å². The van der Waals surface area contributed by atoms with E-state index >= 15 is 0 Å². The number of carbonyl (C=O) groups excluding carboxylic acids is 1. The molecule has 35 heavy (non-hydrogen) atoms. The van der Waals surface area contributed by atoms with Crippen molar-refractivity contribution in [3.8, 4) is 0 Å². The number of thiophene rings is 1. The number of aryl methyl sites for hydroxylation is 1. The molecular formula is C28H36N2O3S2. The van der Waals surface area contributed by atoms with Gasteiger partial charge in [-0.05, 0) is 48.1 Å². The zero-order valence-electron chi connectivity index (χ0n) is 21.3. The van der Waals surface area contributed by atoms with Crippen molar-refractivity contribution in [3.63, 3.8) is 0 Å². The molecule has 5 nitrogen and oxygen atoms in total. The lowest BCUT2D eigenvalue weighted by atomic mass is 9.72. The van der Waals surface area contributed by atoms with Gasteiger partial charge in [-0.15, -0.1) is 11.3 Å². The molecule has 0 saturated carbocycles. The molecule has 188 valence electrons. The summed E-state index contributed by atoms with van der Waals surface area (Å²) in [6.45, 7) is 9.91. The van der Waals surface area contributed by atoms with Gasteiger partial charge in [0, 0.05) is 4.88 Å². The molecular weight excluding hydrogens is 476 g/mol. The highest BCUT2D eigenvalue weighted by molar-refractivity contribution is 7.99. The van der Waals surface area contributed by atoms with Crippen LogP contribution in [0.5, 0.6) is 0 Å². The largest absolute Gasteiger partial charge is 0.465 e. The SMILES string of the molecule is CCCCCOC(=O)CSc1nc2sc3c(c2c(=O)n1Cc1ccccc1)CC[C@H](C(C)(C)C)C3. The van der Waals surface area contributed by atoms with Crippen molar-refractivity contribution in [3.05, 3.63) is 56.7 Å². The molecule has 0 unspecified atom stereocenters. The summed E-state index contributed by atoms with van der Waals surface area (Å²) in [5, 5.41) is 1.36. The predicted molar refractivity (Wildman–Crippen MR) is 146 cm³/mol. The first-order chi connectivity index (χ1) is 16.8. The molecule has 2 aromatic heterocycles. The highest BCUT2D eigenvalue weighted by Gasteiger charge is 2.32. The molecule has 1 aliphatic carbocycles. The molecule has 3 aromatic rings. The van der Waals surface area contributed by atoms with Crippen molar-refractivity contribution in [2.24, 2.45) is 11.3 Å². The van der Waals surface area contributed by atoms with Crippen LogP contribution in [0.25, 0.3) is 10.2 Å². The number of carbonyl (C=O) groups is 1. The predicted octanol–water partition coefficient (Wildman–Crippen LogP) is 6.48. The molecule has 0 saturated heterocycles. The van der Waals surface area contributed by atoms with Crippen LogP contribution in [0.3, 0.4) is 0 Å². The normalized spacial score (nSPS) is 15.8. The monoisotopic (exact) mass is 512 g/mol. The second-order valence-electron chi connectivity index (χ2n) is 10.5. The number of aromatic nitrogens is 2. The Balaban J connectivity index is 1.66. The van der Waals surface area contributed by atoms with Gasteiger partial charge in [-0.3, -0.25) is 14.2 Å². The average molecular weight is 513 g/mol. The van der Waals surface area contributed by atoms with Crippen molar-refractivity contribution < 1.29 is 9.53 Å². The minimum absolute atomic E-state index is 0.00405. The molecule has 0 bridgehead atoms. The van der Waals surface area contributed by atoms with Crippen LogP contribution in [0.15, 0.2) is 40.3 Å². The van der Waals surface area contributed by atoms with Gasteiger partial charge >= 0.3 is 5.97 Å². The lowest BCUT2D eigenvalue weighted by molar-refractivity contribution is -0.140. The van der Waals surface area contributed by atoms with E-state index < -0.39 is 0 Å². The number of ether oxygens (including phenoxy) is 1. The first kappa shape index (κ1) is 26.0. The Morgan fingerprint density at radius 3 is 2.71 bits per heavy atom. The standard InChI is InChI=1S/C28H36N2O3S2/c1-5-6-10-15-33-23(31)18-34-27-29-25-24(26(32)30(27)17-19-11-8-7-9-12-19)21-14-13-20(28(2,3)4)16-22(21)35-25/h7-9,11-12,20H,5-6,10,13-18H2,1-4H3/t20-/m0/s1. The second-order valence-corrected chi connectivity index (χ2v) is 12.5. The van der Waals surface area contributed by atoms with Crippen molar-refractivity contribution in [2.45, 2.75) is 77.9 Å². The molecule has 1 atom stereocenters. The molecule has 7 heteroatoms. The third-order valence-corrected chi connectivity index (χ3v) is 8.97. The number of thioether (sulfide) groups is 1. The molecule has 2 heterocycles. The van der Waals surface area contributed by atoms with E-state index in [0.717, 1.165) is 54.3 Å². The van der Waals surface area contributed by atoms with E-state index in [0.29, 0.717) is 24.2 Å². The summed E-state index contributed by atoms with van der Waals surface area (Å²) in [5.74, 6) is 0.493. The van der Waals surface area contributed by atoms with E-state index in [9.17, 15) is 9.59 Å². The number of rotatable bonds is 9. The van der Waals surface area contributed by atoms with E-state index in [-0.39, 0.29) is 22.7 Å². The number of nitrogens with zero attached hydrogens (tertiary/aromatic N) is 2. The topological polar surface area (TPSA) is 61.2 Å². The van der Waals surface area contributed by atoms with Gasteiger partial charge in [-0.2, -0.15) is 0 Å². The Labute approximate surface area is 216 Å². The molecule has 0 N–H and O–H groups in total. The number of esters is 1. The summed E-state index contributed by atoms with van der Waals surface area (Å²) in [6, 6.07) is 9.96. The maximum atomic E-state index is 13.9.